The Morgan fingerprint density at radius 2 is 2.00 bits per heavy atom. The summed E-state index contributed by atoms with van der Waals surface area (Å²) in [5.41, 5.74) is 1.73. The highest BCUT2D eigenvalue weighted by Crippen LogP contribution is 2.23. The summed E-state index contributed by atoms with van der Waals surface area (Å²) in [7, 11) is 1.51. The van der Waals surface area contributed by atoms with Gasteiger partial charge in [-0.1, -0.05) is 41.9 Å². The van der Waals surface area contributed by atoms with Crippen molar-refractivity contribution in [2.75, 3.05) is 7.05 Å². The number of aryl methyl sites for hydroxylation is 1. The molecule has 0 spiro atoms. The van der Waals surface area contributed by atoms with Crippen LogP contribution in [0.2, 0.25) is 5.15 Å². The third-order valence-corrected chi connectivity index (χ3v) is 4.52. The zero-order chi connectivity index (χ0) is 19.6. The van der Waals surface area contributed by atoms with Gasteiger partial charge in [0.05, 0.1) is 24.3 Å². The van der Waals surface area contributed by atoms with Crippen molar-refractivity contribution < 1.29 is 13.6 Å². The highest BCUT2D eigenvalue weighted by atomic mass is 35.5. The van der Waals surface area contributed by atoms with Crippen molar-refractivity contribution in [2.24, 2.45) is 0 Å². The fourth-order valence-electron chi connectivity index (χ4n) is 2.78. The van der Waals surface area contributed by atoms with Crippen LogP contribution in [-0.4, -0.2) is 37.2 Å². The van der Waals surface area contributed by atoms with Gasteiger partial charge in [0.25, 0.3) is 5.91 Å². The van der Waals surface area contributed by atoms with E-state index in [4.69, 9.17) is 11.6 Å². The van der Waals surface area contributed by atoms with E-state index < -0.39 is 12.5 Å². The predicted molar refractivity (Wildman–Crippen MR) is 96.8 cm³/mol. The molecule has 6 nitrogen and oxygen atoms in total. The van der Waals surface area contributed by atoms with Crippen LogP contribution in [0.3, 0.4) is 0 Å². The van der Waals surface area contributed by atoms with Crippen LogP contribution in [-0.2, 0) is 13.1 Å². The molecule has 1 amide bonds. The number of carbonyl (C=O) groups is 1. The van der Waals surface area contributed by atoms with E-state index in [9.17, 15) is 13.6 Å². The molecular formula is C18H18ClF2N5O. The lowest BCUT2D eigenvalue weighted by atomic mass is 10.2. The Bertz CT molecular complexity index is 939. The molecule has 3 aromatic rings. The maximum Gasteiger partial charge on any atom is 0.319 e. The second kappa shape index (κ2) is 7.87. The average Bonchev–Trinajstić information content (AvgIpc) is 3.20. The number of alkyl halides is 2. The number of halogens is 3. The molecule has 0 atom stereocenters. The molecule has 0 bridgehead atoms. The average molecular weight is 394 g/mol. The highest BCUT2D eigenvalue weighted by Gasteiger charge is 2.24. The molecule has 0 aliphatic rings. The van der Waals surface area contributed by atoms with Crippen LogP contribution in [0.25, 0.3) is 0 Å². The van der Waals surface area contributed by atoms with Gasteiger partial charge in [-0.25, -0.2) is 9.67 Å². The first-order valence-electron chi connectivity index (χ1n) is 8.20. The highest BCUT2D eigenvalue weighted by molar-refractivity contribution is 6.33. The minimum Gasteiger partial charge on any atom is -0.334 e. The summed E-state index contributed by atoms with van der Waals surface area (Å²) in [5, 5.41) is 4.56. The van der Waals surface area contributed by atoms with E-state index in [1.165, 1.54) is 24.3 Å². The molecule has 0 aliphatic heterocycles. The number of amides is 1. The van der Waals surface area contributed by atoms with E-state index in [1.807, 2.05) is 30.3 Å². The second-order valence-electron chi connectivity index (χ2n) is 6.08. The zero-order valence-corrected chi connectivity index (χ0v) is 15.6. The van der Waals surface area contributed by atoms with Crippen LogP contribution < -0.4 is 0 Å². The van der Waals surface area contributed by atoms with Gasteiger partial charge < -0.3 is 4.90 Å². The number of nitrogens with zero attached hydrogens (tertiary/aromatic N) is 5. The number of carbonyl (C=O) groups excluding carboxylic acids is 1. The van der Waals surface area contributed by atoms with Crippen molar-refractivity contribution in [3.63, 3.8) is 0 Å². The normalized spacial score (nSPS) is 11.2. The Labute approximate surface area is 160 Å². The third-order valence-electron chi connectivity index (χ3n) is 4.14. The third kappa shape index (κ3) is 4.00. The molecule has 2 aromatic heterocycles. The molecule has 0 saturated heterocycles. The van der Waals surface area contributed by atoms with Crippen molar-refractivity contribution in [2.45, 2.75) is 26.6 Å². The SMILES string of the molecule is Cc1nn(Cc2ccccc2)c(Cl)c1C(=O)N(C)Cc1nccn1C(F)F. The fraction of sp³-hybridized carbons (Fsp3) is 0.278. The molecule has 3 rings (SSSR count). The minimum absolute atomic E-state index is 0.0736. The lowest BCUT2D eigenvalue weighted by molar-refractivity contribution is 0.0612. The summed E-state index contributed by atoms with van der Waals surface area (Å²) in [4.78, 5) is 18.0. The molecule has 142 valence electrons. The topological polar surface area (TPSA) is 56.0 Å². The molecule has 2 heterocycles. The van der Waals surface area contributed by atoms with Crippen molar-refractivity contribution in [3.8, 4) is 0 Å². The second-order valence-corrected chi connectivity index (χ2v) is 6.44. The van der Waals surface area contributed by atoms with Gasteiger partial charge in [-0.15, -0.1) is 0 Å². The van der Waals surface area contributed by atoms with Crippen molar-refractivity contribution in [1.82, 2.24) is 24.2 Å². The van der Waals surface area contributed by atoms with Gasteiger partial charge in [-0.05, 0) is 12.5 Å². The van der Waals surface area contributed by atoms with Crippen LogP contribution in [0, 0.1) is 6.92 Å². The molecule has 0 radical (unpaired) electrons. The van der Waals surface area contributed by atoms with E-state index in [2.05, 4.69) is 10.1 Å². The number of imidazole rings is 1. The summed E-state index contributed by atoms with van der Waals surface area (Å²) in [6.45, 7) is -0.678. The molecule has 1 aromatic carbocycles. The largest absolute Gasteiger partial charge is 0.334 e. The lowest BCUT2D eigenvalue weighted by Crippen LogP contribution is -2.28. The molecule has 27 heavy (non-hydrogen) atoms. The van der Waals surface area contributed by atoms with E-state index in [0.717, 1.165) is 10.1 Å². The Hall–Kier alpha value is -2.74. The molecule has 0 aliphatic carbocycles. The quantitative estimate of drug-likeness (QED) is 0.640. The monoisotopic (exact) mass is 393 g/mol. The van der Waals surface area contributed by atoms with E-state index in [-0.39, 0.29) is 23.1 Å². The Morgan fingerprint density at radius 1 is 1.30 bits per heavy atom. The van der Waals surface area contributed by atoms with Gasteiger partial charge in [0.2, 0.25) is 0 Å². The van der Waals surface area contributed by atoms with E-state index >= 15 is 0 Å². The summed E-state index contributed by atoms with van der Waals surface area (Å²) >= 11 is 6.39. The predicted octanol–water partition coefficient (Wildman–Crippen LogP) is 3.76. The zero-order valence-electron chi connectivity index (χ0n) is 14.8. The van der Waals surface area contributed by atoms with E-state index in [0.29, 0.717) is 12.2 Å². The summed E-state index contributed by atoms with van der Waals surface area (Å²) < 4.78 is 28.2. The Kier molecular flexibility index (Phi) is 5.55. The van der Waals surface area contributed by atoms with Crippen LogP contribution in [0.15, 0.2) is 42.7 Å². The first-order chi connectivity index (χ1) is 12.9. The van der Waals surface area contributed by atoms with Crippen molar-refractivity contribution >= 4 is 17.5 Å². The summed E-state index contributed by atoms with van der Waals surface area (Å²) in [6, 6.07) is 9.60. The standard InChI is InChI=1S/C18H18ClF2N5O/c1-12-15(16(19)26(23-12)10-13-6-4-3-5-7-13)17(27)24(2)11-14-22-8-9-25(14)18(20)21/h3-9,18H,10-11H2,1-2H3. The van der Waals surface area contributed by atoms with Crippen LogP contribution in [0.4, 0.5) is 8.78 Å². The number of hydrogen-bond acceptors (Lipinski definition) is 3. The van der Waals surface area contributed by atoms with Gasteiger partial charge in [-0.2, -0.15) is 13.9 Å². The maximum atomic E-state index is 13.0. The number of aromatic nitrogens is 4. The molecule has 0 N–H and O–H groups in total. The smallest absolute Gasteiger partial charge is 0.319 e. The van der Waals surface area contributed by atoms with Crippen LogP contribution in [0.1, 0.15) is 34.0 Å². The molecule has 9 heteroatoms. The first kappa shape index (κ1) is 19.0. The van der Waals surface area contributed by atoms with Crippen LogP contribution in [0.5, 0.6) is 0 Å². The summed E-state index contributed by atoms with van der Waals surface area (Å²) in [5.74, 6) is -0.313. The van der Waals surface area contributed by atoms with Gasteiger partial charge >= 0.3 is 6.55 Å². The van der Waals surface area contributed by atoms with Crippen molar-refractivity contribution in [1.29, 1.82) is 0 Å². The number of rotatable bonds is 6. The lowest BCUT2D eigenvalue weighted by Gasteiger charge is -2.17. The minimum atomic E-state index is -2.72. The van der Waals surface area contributed by atoms with Crippen LogP contribution >= 0.6 is 11.6 Å². The van der Waals surface area contributed by atoms with Gasteiger partial charge in [-0.3, -0.25) is 9.36 Å². The maximum absolute atomic E-state index is 13.0. The summed E-state index contributed by atoms with van der Waals surface area (Å²) in [6.07, 6.45) is 2.45. The van der Waals surface area contributed by atoms with Gasteiger partial charge in [0, 0.05) is 19.4 Å². The number of benzene rings is 1. The Morgan fingerprint density at radius 3 is 2.67 bits per heavy atom. The fourth-order valence-corrected chi connectivity index (χ4v) is 3.09. The first-order valence-corrected chi connectivity index (χ1v) is 8.58. The van der Waals surface area contributed by atoms with Gasteiger partial charge in [0.1, 0.15) is 11.0 Å². The number of hydrogen-bond donors (Lipinski definition) is 0. The molecular weight excluding hydrogens is 376 g/mol. The Balaban J connectivity index is 1.81. The molecule has 0 saturated carbocycles. The van der Waals surface area contributed by atoms with E-state index in [1.54, 1.807) is 11.6 Å². The molecule has 0 unspecified atom stereocenters. The van der Waals surface area contributed by atoms with Gasteiger partial charge in [0.15, 0.2) is 0 Å². The van der Waals surface area contributed by atoms with Crippen molar-refractivity contribution in [3.05, 3.63) is 70.5 Å². The molecule has 0 fully saturated rings.